The monoisotopic (exact) mass is 295 g/mol. The van der Waals surface area contributed by atoms with Gasteiger partial charge in [-0.25, -0.2) is 14.0 Å². The van der Waals surface area contributed by atoms with Crippen LogP contribution in [-0.2, 0) is 19.1 Å². The van der Waals surface area contributed by atoms with Crippen LogP contribution in [0.4, 0.5) is 10.1 Å². The van der Waals surface area contributed by atoms with Gasteiger partial charge in [0.05, 0.1) is 7.11 Å². The highest BCUT2D eigenvalue weighted by Crippen LogP contribution is 2.24. The molecule has 1 fully saturated rings. The molecule has 0 radical (unpaired) electrons. The van der Waals surface area contributed by atoms with Gasteiger partial charge in [-0.1, -0.05) is 0 Å². The second-order valence-corrected chi connectivity index (χ2v) is 4.73. The number of carbonyl (C=O) groups excluding carboxylic acids is 2. The number of hydrogen-bond acceptors (Lipinski definition) is 6. The average molecular weight is 295 g/mol. The van der Waals surface area contributed by atoms with Crippen molar-refractivity contribution in [3.8, 4) is 5.75 Å². The molecule has 1 saturated heterocycles. The highest BCUT2D eigenvalue weighted by molar-refractivity contribution is 6.15. The lowest BCUT2D eigenvalue weighted by atomic mass is 10.2. The zero-order valence-corrected chi connectivity index (χ0v) is 11.7. The highest BCUT2D eigenvalue weighted by Gasteiger charge is 2.38. The van der Waals surface area contributed by atoms with Crippen molar-refractivity contribution in [1.29, 1.82) is 0 Å². The van der Waals surface area contributed by atoms with Crippen LogP contribution in [-0.4, -0.2) is 24.8 Å². The van der Waals surface area contributed by atoms with Crippen LogP contribution in [0.5, 0.6) is 5.75 Å². The lowest BCUT2D eigenvalue weighted by Gasteiger charge is -2.29. The van der Waals surface area contributed by atoms with E-state index in [1.807, 2.05) is 0 Å². The SMILES string of the molecule is COc1cc(NC=C2C(=O)OC(C)(C)OC2=O)ccc1F. The molecule has 0 saturated carbocycles. The van der Waals surface area contributed by atoms with Gasteiger partial charge in [0.2, 0.25) is 0 Å². The van der Waals surface area contributed by atoms with E-state index in [4.69, 9.17) is 14.2 Å². The summed E-state index contributed by atoms with van der Waals surface area (Å²) >= 11 is 0. The number of halogens is 1. The summed E-state index contributed by atoms with van der Waals surface area (Å²) in [6, 6.07) is 4.01. The maximum absolute atomic E-state index is 13.3. The van der Waals surface area contributed by atoms with Gasteiger partial charge in [0.15, 0.2) is 17.1 Å². The van der Waals surface area contributed by atoms with Crippen LogP contribution < -0.4 is 10.1 Å². The van der Waals surface area contributed by atoms with E-state index in [1.165, 1.54) is 39.2 Å². The molecule has 1 aromatic carbocycles. The number of methoxy groups -OCH3 is 1. The normalized spacial score (nSPS) is 16.9. The van der Waals surface area contributed by atoms with Gasteiger partial charge >= 0.3 is 11.9 Å². The van der Waals surface area contributed by atoms with E-state index >= 15 is 0 Å². The third-order valence-electron chi connectivity index (χ3n) is 2.65. The van der Waals surface area contributed by atoms with Gasteiger partial charge in [0.1, 0.15) is 0 Å². The quantitative estimate of drug-likeness (QED) is 0.522. The van der Waals surface area contributed by atoms with E-state index in [1.54, 1.807) is 0 Å². The number of carbonyl (C=O) groups is 2. The van der Waals surface area contributed by atoms with Gasteiger partial charge in [-0.15, -0.1) is 0 Å². The Balaban J connectivity index is 2.17. The summed E-state index contributed by atoms with van der Waals surface area (Å²) in [5.41, 5.74) is 0.156. The maximum atomic E-state index is 13.3. The van der Waals surface area contributed by atoms with Crippen LogP contribution in [0, 0.1) is 5.82 Å². The number of benzene rings is 1. The Morgan fingerprint density at radius 3 is 2.43 bits per heavy atom. The zero-order chi connectivity index (χ0) is 15.6. The number of ether oxygens (including phenoxy) is 3. The minimum atomic E-state index is -1.29. The molecule has 1 aliphatic heterocycles. The molecule has 6 nitrogen and oxygen atoms in total. The summed E-state index contributed by atoms with van der Waals surface area (Å²) in [5, 5.41) is 2.69. The van der Waals surface area contributed by atoms with Crippen LogP contribution in [0.2, 0.25) is 0 Å². The molecule has 21 heavy (non-hydrogen) atoms. The average Bonchev–Trinajstić information content (AvgIpc) is 2.38. The van der Waals surface area contributed by atoms with Crippen molar-refractivity contribution in [2.45, 2.75) is 19.6 Å². The first kappa shape index (κ1) is 14.8. The number of anilines is 1. The second-order valence-electron chi connectivity index (χ2n) is 4.73. The van der Waals surface area contributed by atoms with Crippen molar-refractivity contribution in [3.63, 3.8) is 0 Å². The highest BCUT2D eigenvalue weighted by atomic mass is 19.1. The van der Waals surface area contributed by atoms with Crippen LogP contribution in [0.3, 0.4) is 0 Å². The van der Waals surface area contributed by atoms with E-state index in [0.717, 1.165) is 6.20 Å². The number of nitrogens with one attached hydrogen (secondary N) is 1. The minimum Gasteiger partial charge on any atom is -0.494 e. The summed E-state index contributed by atoms with van der Waals surface area (Å²) in [7, 11) is 1.33. The molecule has 7 heteroatoms. The summed E-state index contributed by atoms with van der Waals surface area (Å²) in [4.78, 5) is 23.4. The van der Waals surface area contributed by atoms with Crippen LogP contribution in [0.1, 0.15) is 13.8 Å². The Kier molecular flexibility index (Phi) is 3.84. The molecule has 0 spiro atoms. The molecule has 0 unspecified atom stereocenters. The third kappa shape index (κ3) is 3.31. The maximum Gasteiger partial charge on any atom is 0.350 e. The van der Waals surface area contributed by atoms with Crippen LogP contribution >= 0.6 is 0 Å². The van der Waals surface area contributed by atoms with Crippen molar-refractivity contribution in [2.75, 3.05) is 12.4 Å². The Morgan fingerprint density at radius 1 is 1.24 bits per heavy atom. The van der Waals surface area contributed by atoms with E-state index < -0.39 is 23.5 Å². The number of cyclic esters (lactones) is 2. The number of hydrogen-bond donors (Lipinski definition) is 1. The summed E-state index contributed by atoms with van der Waals surface area (Å²) in [5.74, 6) is -3.36. The van der Waals surface area contributed by atoms with Gasteiger partial charge in [-0.05, 0) is 12.1 Å². The molecule has 2 rings (SSSR count). The van der Waals surface area contributed by atoms with Gasteiger partial charge in [-0.2, -0.15) is 0 Å². The summed E-state index contributed by atoms with van der Waals surface area (Å²) in [6.45, 7) is 2.91. The Morgan fingerprint density at radius 2 is 1.86 bits per heavy atom. The smallest absolute Gasteiger partial charge is 0.350 e. The zero-order valence-electron chi connectivity index (χ0n) is 11.7. The molecular formula is C14H14FNO5. The van der Waals surface area contributed by atoms with Crippen LogP contribution in [0.25, 0.3) is 0 Å². The van der Waals surface area contributed by atoms with Gasteiger partial charge in [0, 0.05) is 31.8 Å². The molecule has 0 atom stereocenters. The lowest BCUT2D eigenvalue weighted by Crippen LogP contribution is -2.42. The van der Waals surface area contributed by atoms with Gasteiger partial charge < -0.3 is 19.5 Å². The number of rotatable bonds is 3. The van der Waals surface area contributed by atoms with E-state index in [0.29, 0.717) is 5.69 Å². The minimum absolute atomic E-state index is 0.0355. The second kappa shape index (κ2) is 5.43. The lowest BCUT2D eigenvalue weighted by molar-refractivity contribution is -0.222. The molecule has 1 N–H and O–H groups in total. The summed E-state index contributed by atoms with van der Waals surface area (Å²) < 4.78 is 28.0. The Hall–Kier alpha value is -2.57. The fraction of sp³-hybridized carbons (Fsp3) is 0.286. The van der Waals surface area contributed by atoms with Crippen molar-refractivity contribution in [3.05, 3.63) is 35.8 Å². The molecule has 112 valence electrons. The van der Waals surface area contributed by atoms with Crippen molar-refractivity contribution >= 4 is 17.6 Å². The topological polar surface area (TPSA) is 73.9 Å². The van der Waals surface area contributed by atoms with E-state index in [2.05, 4.69) is 5.32 Å². The first-order valence-electron chi connectivity index (χ1n) is 6.09. The molecule has 1 aliphatic rings. The van der Waals surface area contributed by atoms with E-state index in [-0.39, 0.29) is 11.3 Å². The molecule has 1 aromatic rings. The van der Waals surface area contributed by atoms with Gasteiger partial charge in [0.25, 0.3) is 5.79 Å². The number of esters is 2. The fourth-order valence-corrected chi connectivity index (χ4v) is 1.68. The molecule has 0 aliphatic carbocycles. The largest absolute Gasteiger partial charge is 0.494 e. The predicted molar refractivity (Wildman–Crippen MR) is 70.9 cm³/mol. The Bertz CT molecular complexity index is 602. The molecule has 1 heterocycles. The predicted octanol–water partition coefficient (Wildman–Crippen LogP) is 1.97. The standard InChI is InChI=1S/C14H14FNO5/c1-14(2)20-12(17)9(13(18)21-14)7-16-8-4-5-10(15)11(6-8)19-3/h4-7,16H,1-3H3. The van der Waals surface area contributed by atoms with Crippen LogP contribution in [0.15, 0.2) is 30.0 Å². The molecule has 0 amide bonds. The van der Waals surface area contributed by atoms with Crippen molar-refractivity contribution < 1.29 is 28.2 Å². The van der Waals surface area contributed by atoms with E-state index in [9.17, 15) is 14.0 Å². The first-order valence-corrected chi connectivity index (χ1v) is 6.09. The summed E-state index contributed by atoms with van der Waals surface area (Å²) in [6.07, 6.45) is 1.15. The fourth-order valence-electron chi connectivity index (χ4n) is 1.68. The molecule has 0 bridgehead atoms. The molecular weight excluding hydrogens is 281 g/mol. The first-order chi connectivity index (χ1) is 9.82. The van der Waals surface area contributed by atoms with Gasteiger partial charge in [-0.3, -0.25) is 0 Å². The van der Waals surface area contributed by atoms with Crippen molar-refractivity contribution in [1.82, 2.24) is 0 Å². The molecule has 0 aromatic heterocycles. The van der Waals surface area contributed by atoms with Crippen molar-refractivity contribution in [2.24, 2.45) is 0 Å². The third-order valence-corrected chi connectivity index (χ3v) is 2.65. The Labute approximate surface area is 120 Å².